The zero-order valence-electron chi connectivity index (χ0n) is 11.1. The molecule has 0 fully saturated rings. The zero-order chi connectivity index (χ0) is 15.6. The Balaban J connectivity index is 2.26. The summed E-state index contributed by atoms with van der Waals surface area (Å²) in [6.07, 6.45) is 2.05. The van der Waals surface area contributed by atoms with Crippen molar-refractivity contribution in [2.75, 3.05) is 5.32 Å². The minimum absolute atomic E-state index is 0.0371. The van der Waals surface area contributed by atoms with Gasteiger partial charge in [-0.3, -0.25) is 4.79 Å². The molecule has 1 heterocycles. The second-order valence-corrected chi connectivity index (χ2v) is 6.67. The summed E-state index contributed by atoms with van der Waals surface area (Å²) in [6.45, 7) is 1.88. The highest BCUT2D eigenvalue weighted by Crippen LogP contribution is 2.26. The van der Waals surface area contributed by atoms with Gasteiger partial charge in [0, 0.05) is 10.9 Å². The lowest BCUT2D eigenvalue weighted by atomic mass is 10.2. The van der Waals surface area contributed by atoms with E-state index in [2.05, 4.69) is 21.2 Å². The van der Waals surface area contributed by atoms with Crippen molar-refractivity contribution in [2.45, 2.75) is 18.2 Å². The van der Waals surface area contributed by atoms with Gasteiger partial charge in [-0.2, -0.15) is 0 Å². The van der Waals surface area contributed by atoms with Crippen LogP contribution in [0, 0.1) is 0 Å². The van der Waals surface area contributed by atoms with E-state index in [4.69, 9.17) is 9.56 Å². The van der Waals surface area contributed by atoms with Crippen molar-refractivity contribution in [3.63, 3.8) is 0 Å². The fraction of sp³-hybridized carbons (Fsp3) is 0.154. The zero-order valence-corrected chi connectivity index (χ0v) is 13.5. The van der Waals surface area contributed by atoms with Crippen molar-refractivity contribution in [1.82, 2.24) is 0 Å². The van der Waals surface area contributed by atoms with Crippen LogP contribution in [-0.2, 0) is 16.4 Å². The predicted octanol–water partition coefficient (Wildman–Crippen LogP) is 2.50. The lowest BCUT2D eigenvalue weighted by Gasteiger charge is -2.08. The maximum Gasteiger partial charge on any atom is 0.259 e. The summed E-state index contributed by atoms with van der Waals surface area (Å²) >= 11 is 3.21. The van der Waals surface area contributed by atoms with Gasteiger partial charge in [-0.25, -0.2) is 13.6 Å². The molecule has 3 N–H and O–H groups in total. The first-order chi connectivity index (χ1) is 9.82. The van der Waals surface area contributed by atoms with Crippen LogP contribution in [0.4, 0.5) is 5.69 Å². The SMILES string of the molecule is CCc1occc1C(=O)Nc1ccc(S(N)(=O)=O)cc1Br. The third kappa shape index (κ3) is 3.52. The maximum absolute atomic E-state index is 12.2. The molecule has 0 aliphatic carbocycles. The third-order valence-corrected chi connectivity index (χ3v) is 4.40. The maximum atomic E-state index is 12.2. The van der Waals surface area contributed by atoms with Crippen LogP contribution in [0.2, 0.25) is 0 Å². The summed E-state index contributed by atoms with van der Waals surface area (Å²) in [6, 6.07) is 5.71. The number of sulfonamides is 1. The van der Waals surface area contributed by atoms with Crippen LogP contribution in [0.3, 0.4) is 0 Å². The lowest BCUT2D eigenvalue weighted by Crippen LogP contribution is -2.15. The summed E-state index contributed by atoms with van der Waals surface area (Å²) in [5.74, 6) is 0.259. The Hall–Kier alpha value is -1.64. The number of nitrogens with two attached hydrogens (primary N) is 1. The van der Waals surface area contributed by atoms with Gasteiger partial charge in [-0.1, -0.05) is 6.92 Å². The fourth-order valence-electron chi connectivity index (χ4n) is 1.78. The molecule has 0 aliphatic rings. The summed E-state index contributed by atoms with van der Waals surface area (Å²) in [5, 5.41) is 7.73. The molecule has 0 bridgehead atoms. The number of hydrogen-bond donors (Lipinski definition) is 2. The minimum atomic E-state index is -3.78. The van der Waals surface area contributed by atoms with Crippen molar-refractivity contribution in [3.8, 4) is 0 Å². The van der Waals surface area contributed by atoms with Crippen LogP contribution in [0.15, 0.2) is 44.3 Å². The summed E-state index contributed by atoms with van der Waals surface area (Å²) in [7, 11) is -3.78. The molecule has 0 saturated heterocycles. The van der Waals surface area contributed by atoms with Gasteiger partial charge < -0.3 is 9.73 Å². The molecule has 1 aromatic heterocycles. The Labute approximate surface area is 130 Å². The highest BCUT2D eigenvalue weighted by molar-refractivity contribution is 9.10. The molecule has 112 valence electrons. The van der Waals surface area contributed by atoms with E-state index < -0.39 is 10.0 Å². The summed E-state index contributed by atoms with van der Waals surface area (Å²) < 4.78 is 28.1. The van der Waals surface area contributed by atoms with Gasteiger partial charge in [-0.05, 0) is 40.2 Å². The molecule has 8 heteroatoms. The molecule has 0 spiro atoms. The number of rotatable bonds is 4. The number of benzene rings is 1. The van der Waals surface area contributed by atoms with Crippen LogP contribution in [0.25, 0.3) is 0 Å². The van der Waals surface area contributed by atoms with Crippen molar-refractivity contribution >= 4 is 37.5 Å². The minimum Gasteiger partial charge on any atom is -0.469 e. The number of halogens is 1. The molecule has 1 amide bonds. The Kier molecular flexibility index (Phi) is 4.50. The van der Waals surface area contributed by atoms with Gasteiger partial charge in [0.1, 0.15) is 5.76 Å². The van der Waals surface area contributed by atoms with Crippen molar-refractivity contribution in [3.05, 3.63) is 46.3 Å². The number of carbonyl (C=O) groups is 1. The van der Waals surface area contributed by atoms with Gasteiger partial charge in [-0.15, -0.1) is 0 Å². The monoisotopic (exact) mass is 372 g/mol. The second kappa shape index (κ2) is 6.00. The molecule has 0 aliphatic heterocycles. The molecule has 0 saturated carbocycles. The number of primary sulfonamides is 1. The first kappa shape index (κ1) is 15.7. The molecule has 0 atom stereocenters. The Morgan fingerprint density at radius 2 is 2.10 bits per heavy atom. The van der Waals surface area contributed by atoms with Crippen LogP contribution in [0.5, 0.6) is 0 Å². The average Bonchev–Trinajstić information content (AvgIpc) is 2.88. The molecule has 1 aromatic carbocycles. The van der Waals surface area contributed by atoms with Gasteiger partial charge in [0.05, 0.1) is 22.4 Å². The molecule has 6 nitrogen and oxygen atoms in total. The van der Waals surface area contributed by atoms with E-state index in [-0.39, 0.29) is 10.8 Å². The summed E-state index contributed by atoms with van der Waals surface area (Å²) in [4.78, 5) is 12.1. The van der Waals surface area contributed by atoms with E-state index in [1.54, 1.807) is 6.07 Å². The lowest BCUT2D eigenvalue weighted by molar-refractivity contribution is 0.102. The highest BCUT2D eigenvalue weighted by Gasteiger charge is 2.16. The second-order valence-electron chi connectivity index (χ2n) is 4.25. The Morgan fingerprint density at radius 3 is 2.67 bits per heavy atom. The number of carbonyl (C=O) groups excluding carboxylic acids is 1. The number of anilines is 1. The Morgan fingerprint density at radius 1 is 1.38 bits per heavy atom. The highest BCUT2D eigenvalue weighted by atomic mass is 79.9. The quantitative estimate of drug-likeness (QED) is 0.860. The number of aryl methyl sites for hydroxylation is 1. The van der Waals surface area contributed by atoms with Crippen molar-refractivity contribution in [2.24, 2.45) is 5.14 Å². The van der Waals surface area contributed by atoms with Gasteiger partial charge in [0.25, 0.3) is 5.91 Å². The van der Waals surface area contributed by atoms with E-state index in [0.29, 0.717) is 27.9 Å². The molecule has 2 aromatic rings. The van der Waals surface area contributed by atoms with Crippen molar-refractivity contribution in [1.29, 1.82) is 0 Å². The van der Waals surface area contributed by atoms with E-state index in [0.717, 1.165) is 0 Å². The third-order valence-electron chi connectivity index (χ3n) is 2.83. The van der Waals surface area contributed by atoms with Crippen LogP contribution >= 0.6 is 15.9 Å². The molecule has 0 unspecified atom stereocenters. The molecule has 0 radical (unpaired) electrons. The number of amides is 1. The fourth-order valence-corrected chi connectivity index (χ4v) is 2.95. The van der Waals surface area contributed by atoms with E-state index in [1.165, 1.54) is 24.5 Å². The largest absolute Gasteiger partial charge is 0.469 e. The topological polar surface area (TPSA) is 102 Å². The predicted molar refractivity (Wildman–Crippen MR) is 81.6 cm³/mol. The summed E-state index contributed by atoms with van der Waals surface area (Å²) in [5.41, 5.74) is 0.885. The first-order valence-corrected chi connectivity index (χ1v) is 8.37. The number of furan rings is 1. The average molecular weight is 373 g/mol. The van der Waals surface area contributed by atoms with Crippen LogP contribution in [-0.4, -0.2) is 14.3 Å². The van der Waals surface area contributed by atoms with Gasteiger partial charge in [0.2, 0.25) is 10.0 Å². The van der Waals surface area contributed by atoms with Gasteiger partial charge >= 0.3 is 0 Å². The first-order valence-electron chi connectivity index (χ1n) is 6.03. The Bertz CT molecular complexity index is 783. The number of hydrogen-bond acceptors (Lipinski definition) is 4. The molecular weight excluding hydrogens is 360 g/mol. The van der Waals surface area contributed by atoms with Crippen LogP contribution < -0.4 is 10.5 Å². The van der Waals surface area contributed by atoms with E-state index >= 15 is 0 Å². The standard InChI is InChI=1S/C13H13BrN2O4S/c1-2-12-9(5-6-20-12)13(17)16-11-4-3-8(7-10(11)14)21(15,18)19/h3-7H,2H2,1H3,(H,16,17)(H2,15,18,19). The van der Waals surface area contributed by atoms with E-state index in [9.17, 15) is 13.2 Å². The molecular formula is C13H13BrN2O4S. The van der Waals surface area contributed by atoms with Gasteiger partial charge in [0.15, 0.2) is 0 Å². The van der Waals surface area contributed by atoms with Crippen LogP contribution in [0.1, 0.15) is 23.0 Å². The smallest absolute Gasteiger partial charge is 0.259 e. The normalized spacial score (nSPS) is 11.4. The van der Waals surface area contributed by atoms with Crippen molar-refractivity contribution < 1.29 is 17.6 Å². The molecule has 2 rings (SSSR count). The molecule has 21 heavy (non-hydrogen) atoms. The number of nitrogens with one attached hydrogen (secondary N) is 1. The van der Waals surface area contributed by atoms with E-state index in [1.807, 2.05) is 6.92 Å².